The van der Waals surface area contributed by atoms with Crippen molar-refractivity contribution in [2.45, 2.75) is 18.8 Å². The molecule has 1 aliphatic heterocycles. The zero-order valence-electron chi connectivity index (χ0n) is 16.6. The second-order valence-corrected chi connectivity index (χ2v) is 7.36. The van der Waals surface area contributed by atoms with E-state index in [1.165, 1.54) is 18.0 Å². The lowest BCUT2D eigenvalue weighted by atomic mass is 9.94. The van der Waals surface area contributed by atoms with Gasteiger partial charge in [0.15, 0.2) is 0 Å². The molecular weight excluding hydrogens is 430 g/mol. The number of hydrogen-bond donors (Lipinski definition) is 1. The minimum atomic E-state index is -4.87. The highest BCUT2D eigenvalue weighted by molar-refractivity contribution is 5.95. The molecule has 4 rings (SSSR count). The van der Waals surface area contributed by atoms with Crippen molar-refractivity contribution in [2.24, 2.45) is 0 Å². The van der Waals surface area contributed by atoms with Crippen LogP contribution in [0.2, 0.25) is 0 Å². The van der Waals surface area contributed by atoms with Crippen molar-refractivity contribution in [3.8, 4) is 6.07 Å². The van der Waals surface area contributed by atoms with Gasteiger partial charge in [-0.2, -0.15) is 18.4 Å². The van der Waals surface area contributed by atoms with Crippen LogP contribution in [0.15, 0.2) is 41.2 Å². The Labute approximate surface area is 178 Å². The smallest absolute Gasteiger partial charge is 0.373 e. The van der Waals surface area contributed by atoms with Crippen LogP contribution >= 0.6 is 0 Å². The molecule has 10 heteroatoms. The summed E-state index contributed by atoms with van der Waals surface area (Å²) in [5.74, 6) is -2.26. The fraction of sp³-hybridized carbons (Fsp3) is 0.227. The lowest BCUT2D eigenvalue weighted by Crippen LogP contribution is -2.37. The fourth-order valence-corrected chi connectivity index (χ4v) is 3.85. The molecular formula is C22H15F4N3O3. The summed E-state index contributed by atoms with van der Waals surface area (Å²) in [6.07, 6.45) is -4.87. The average molecular weight is 445 g/mol. The van der Waals surface area contributed by atoms with Gasteiger partial charge in [0, 0.05) is 29.3 Å². The Hall–Kier alpha value is -3.71. The number of pyridine rings is 1. The van der Waals surface area contributed by atoms with E-state index in [9.17, 15) is 27.2 Å². The van der Waals surface area contributed by atoms with Crippen LogP contribution < -0.4 is 5.56 Å². The van der Waals surface area contributed by atoms with Crippen LogP contribution in [0.25, 0.3) is 10.8 Å². The van der Waals surface area contributed by atoms with Crippen molar-refractivity contribution < 1.29 is 27.1 Å². The number of benzene rings is 2. The number of hydrogen-bond acceptors (Lipinski definition) is 4. The summed E-state index contributed by atoms with van der Waals surface area (Å²) in [6, 6.07) is 7.84. The number of amides is 1. The van der Waals surface area contributed by atoms with Gasteiger partial charge in [-0.1, -0.05) is 6.07 Å². The second-order valence-electron chi connectivity index (χ2n) is 7.36. The first-order valence-electron chi connectivity index (χ1n) is 9.42. The Morgan fingerprint density at radius 2 is 1.97 bits per heavy atom. The highest BCUT2D eigenvalue weighted by Crippen LogP contribution is 2.35. The molecule has 1 N–H and O–H groups in total. The van der Waals surface area contributed by atoms with Crippen LogP contribution in [-0.4, -0.2) is 29.4 Å². The maximum Gasteiger partial charge on any atom is 0.419 e. The molecule has 0 aliphatic carbocycles. The van der Waals surface area contributed by atoms with Crippen molar-refractivity contribution in [1.82, 2.24) is 9.88 Å². The van der Waals surface area contributed by atoms with Crippen LogP contribution in [0.1, 0.15) is 38.8 Å². The number of likely N-dealkylation sites (N-methyl/N-ethyl adjacent to an activating group) is 1. The van der Waals surface area contributed by atoms with Crippen molar-refractivity contribution in [3.63, 3.8) is 0 Å². The van der Waals surface area contributed by atoms with E-state index in [-0.39, 0.29) is 29.7 Å². The van der Waals surface area contributed by atoms with Gasteiger partial charge in [0.2, 0.25) is 0 Å². The molecule has 1 aliphatic rings. The van der Waals surface area contributed by atoms with Gasteiger partial charge >= 0.3 is 6.18 Å². The summed E-state index contributed by atoms with van der Waals surface area (Å²) in [5.41, 5.74) is -0.805. The number of nitrogens with zero attached hydrogens (tertiary/aromatic N) is 2. The number of halogens is 4. The topological polar surface area (TPSA) is 86.2 Å². The minimum Gasteiger partial charge on any atom is -0.373 e. The van der Waals surface area contributed by atoms with Gasteiger partial charge in [0.25, 0.3) is 11.5 Å². The molecule has 6 nitrogen and oxygen atoms in total. The van der Waals surface area contributed by atoms with E-state index in [0.717, 1.165) is 6.07 Å². The SMILES string of the molecule is CN(C(=O)c1ccc(C(F)(F)F)c(F)c1)C1COCc2[nH]c(=O)c3cc(C#N)ccc3c21. The summed E-state index contributed by atoms with van der Waals surface area (Å²) >= 11 is 0. The Kier molecular flexibility index (Phi) is 5.22. The van der Waals surface area contributed by atoms with Crippen LogP contribution in [0, 0.1) is 17.1 Å². The summed E-state index contributed by atoms with van der Waals surface area (Å²) in [4.78, 5) is 29.4. The predicted molar refractivity (Wildman–Crippen MR) is 105 cm³/mol. The minimum absolute atomic E-state index is 0.0551. The van der Waals surface area contributed by atoms with Crippen LogP contribution in [0.4, 0.5) is 17.6 Å². The highest BCUT2D eigenvalue weighted by Gasteiger charge is 2.35. The lowest BCUT2D eigenvalue weighted by Gasteiger charge is -2.34. The first kappa shape index (κ1) is 21.5. The molecule has 164 valence electrons. The number of ether oxygens (including phenoxy) is 1. The normalized spacial score (nSPS) is 15.8. The number of H-pyrrole nitrogens is 1. The summed E-state index contributed by atoms with van der Waals surface area (Å²) in [6.45, 7) is 0.146. The molecule has 0 radical (unpaired) electrons. The molecule has 2 heterocycles. The van der Waals surface area contributed by atoms with Gasteiger partial charge in [0.05, 0.1) is 36.5 Å². The quantitative estimate of drug-likeness (QED) is 0.607. The van der Waals surface area contributed by atoms with Gasteiger partial charge in [-0.15, -0.1) is 0 Å². The van der Waals surface area contributed by atoms with Gasteiger partial charge in [-0.05, 0) is 35.7 Å². The van der Waals surface area contributed by atoms with Crippen molar-refractivity contribution in [1.29, 1.82) is 5.26 Å². The van der Waals surface area contributed by atoms with Crippen molar-refractivity contribution in [2.75, 3.05) is 13.7 Å². The van der Waals surface area contributed by atoms with Crippen molar-refractivity contribution in [3.05, 3.63) is 80.5 Å². The molecule has 2 aromatic carbocycles. The van der Waals surface area contributed by atoms with E-state index >= 15 is 0 Å². The van der Waals surface area contributed by atoms with Gasteiger partial charge in [-0.3, -0.25) is 9.59 Å². The number of carbonyl (C=O) groups is 1. The number of aromatic amines is 1. The first-order valence-corrected chi connectivity index (χ1v) is 9.42. The molecule has 0 fully saturated rings. The molecule has 0 spiro atoms. The van der Waals surface area contributed by atoms with E-state index < -0.39 is 35.1 Å². The molecule has 0 saturated carbocycles. The van der Waals surface area contributed by atoms with E-state index in [1.54, 1.807) is 12.1 Å². The molecule has 3 aromatic rings. The van der Waals surface area contributed by atoms with Crippen LogP contribution in [-0.2, 0) is 17.5 Å². The number of nitrogens with one attached hydrogen (secondary N) is 1. The number of nitriles is 1. The largest absolute Gasteiger partial charge is 0.419 e. The van der Waals surface area contributed by atoms with E-state index in [2.05, 4.69) is 4.98 Å². The van der Waals surface area contributed by atoms with E-state index in [0.29, 0.717) is 28.8 Å². The highest BCUT2D eigenvalue weighted by atomic mass is 19.4. The molecule has 1 aromatic heterocycles. The molecule has 1 atom stereocenters. The Balaban J connectivity index is 1.77. The number of aromatic nitrogens is 1. The fourth-order valence-electron chi connectivity index (χ4n) is 3.85. The summed E-state index contributed by atoms with van der Waals surface area (Å²) < 4.78 is 58.0. The maximum atomic E-state index is 14.0. The van der Waals surface area contributed by atoms with E-state index in [1.807, 2.05) is 6.07 Å². The summed E-state index contributed by atoms with van der Waals surface area (Å²) in [7, 11) is 1.42. The monoisotopic (exact) mass is 445 g/mol. The number of fused-ring (bicyclic) bond motifs is 3. The van der Waals surface area contributed by atoms with Crippen LogP contribution in [0.5, 0.6) is 0 Å². The number of alkyl halides is 3. The van der Waals surface area contributed by atoms with Gasteiger partial charge in [0.1, 0.15) is 5.82 Å². The molecule has 1 amide bonds. The average Bonchev–Trinajstić information content (AvgIpc) is 2.76. The third-order valence-electron chi connectivity index (χ3n) is 5.44. The van der Waals surface area contributed by atoms with Crippen LogP contribution in [0.3, 0.4) is 0 Å². The maximum absolute atomic E-state index is 14.0. The first-order chi connectivity index (χ1) is 15.1. The predicted octanol–water partition coefficient (Wildman–Crippen LogP) is 3.90. The Bertz CT molecular complexity index is 1340. The number of rotatable bonds is 2. The molecule has 0 bridgehead atoms. The lowest BCUT2D eigenvalue weighted by molar-refractivity contribution is -0.140. The molecule has 0 saturated heterocycles. The van der Waals surface area contributed by atoms with Gasteiger partial charge < -0.3 is 14.6 Å². The molecule has 1 unspecified atom stereocenters. The Morgan fingerprint density at radius 1 is 1.22 bits per heavy atom. The summed E-state index contributed by atoms with van der Waals surface area (Å²) in [5, 5.41) is 9.90. The van der Waals surface area contributed by atoms with E-state index in [4.69, 9.17) is 10.00 Å². The second kappa shape index (κ2) is 7.76. The van der Waals surface area contributed by atoms with Crippen molar-refractivity contribution >= 4 is 16.7 Å². The third kappa shape index (κ3) is 3.61. The Morgan fingerprint density at radius 3 is 2.62 bits per heavy atom. The standard InChI is InChI=1S/C22H15F4N3O3/c1-29(21(31)12-3-5-15(16(23)7-12)22(24,25)26)18-10-32-9-17-19(18)13-4-2-11(8-27)6-14(13)20(30)28-17/h2-7,18H,9-10H2,1H3,(H,28,30). The molecule has 32 heavy (non-hydrogen) atoms. The zero-order chi connectivity index (χ0) is 23.2. The third-order valence-corrected chi connectivity index (χ3v) is 5.44. The van der Waals surface area contributed by atoms with Gasteiger partial charge in [-0.25, -0.2) is 4.39 Å². The zero-order valence-corrected chi connectivity index (χ0v) is 16.6. The number of carbonyl (C=O) groups excluding carboxylic acids is 1.